The minimum atomic E-state index is -0.294. The van der Waals surface area contributed by atoms with Gasteiger partial charge in [-0.05, 0) is 30.8 Å². The quantitative estimate of drug-likeness (QED) is 0.857. The second kappa shape index (κ2) is 5.06. The summed E-state index contributed by atoms with van der Waals surface area (Å²) in [7, 11) is 1.75. The molecule has 17 heavy (non-hydrogen) atoms. The van der Waals surface area contributed by atoms with Crippen molar-refractivity contribution in [3.8, 4) is 0 Å². The van der Waals surface area contributed by atoms with Crippen LogP contribution in [0.15, 0.2) is 48.5 Å². The largest absolute Gasteiger partial charge is 0.309 e. The summed E-state index contributed by atoms with van der Waals surface area (Å²) in [6.07, 6.45) is 0. The lowest BCUT2D eigenvalue weighted by Gasteiger charge is -2.17. The molecule has 1 nitrogen and oxygen atoms in total. The van der Waals surface area contributed by atoms with Crippen molar-refractivity contribution in [2.24, 2.45) is 0 Å². The topological polar surface area (TPSA) is 12.0 Å². The van der Waals surface area contributed by atoms with Crippen molar-refractivity contribution < 1.29 is 8.78 Å². The molecule has 1 unspecified atom stereocenters. The van der Waals surface area contributed by atoms with Crippen LogP contribution in [0.25, 0.3) is 0 Å². The molecule has 0 spiro atoms. The summed E-state index contributed by atoms with van der Waals surface area (Å²) in [6, 6.07) is 12.4. The van der Waals surface area contributed by atoms with Gasteiger partial charge in [-0.2, -0.15) is 0 Å². The third kappa shape index (κ3) is 2.50. The number of hydrogen-bond acceptors (Lipinski definition) is 1. The van der Waals surface area contributed by atoms with E-state index in [0.717, 1.165) is 5.56 Å². The van der Waals surface area contributed by atoms with Gasteiger partial charge in [0.15, 0.2) is 0 Å². The summed E-state index contributed by atoms with van der Waals surface area (Å²) >= 11 is 0. The summed E-state index contributed by atoms with van der Waals surface area (Å²) in [6.45, 7) is 0. The van der Waals surface area contributed by atoms with E-state index < -0.39 is 0 Å². The smallest absolute Gasteiger partial charge is 0.128 e. The van der Waals surface area contributed by atoms with Crippen LogP contribution in [-0.2, 0) is 0 Å². The zero-order valence-corrected chi connectivity index (χ0v) is 9.45. The summed E-state index contributed by atoms with van der Waals surface area (Å²) in [5.74, 6) is -0.562. The van der Waals surface area contributed by atoms with Crippen LogP contribution in [0.3, 0.4) is 0 Å². The third-order valence-corrected chi connectivity index (χ3v) is 2.71. The number of halogens is 2. The van der Waals surface area contributed by atoms with Crippen molar-refractivity contribution in [2.45, 2.75) is 6.04 Å². The fourth-order valence-electron chi connectivity index (χ4n) is 1.87. The average molecular weight is 233 g/mol. The van der Waals surface area contributed by atoms with Crippen LogP contribution >= 0.6 is 0 Å². The Morgan fingerprint density at radius 3 is 2.18 bits per heavy atom. The fourth-order valence-corrected chi connectivity index (χ4v) is 1.87. The van der Waals surface area contributed by atoms with E-state index in [1.165, 1.54) is 18.2 Å². The first-order valence-electron chi connectivity index (χ1n) is 5.39. The van der Waals surface area contributed by atoms with Crippen molar-refractivity contribution in [2.75, 3.05) is 7.05 Å². The Labute approximate surface area is 99.1 Å². The van der Waals surface area contributed by atoms with Gasteiger partial charge >= 0.3 is 0 Å². The standard InChI is InChI=1S/C14H13F2N/c1-17-14(10-6-8-11(15)9-7-10)12-4-2-3-5-13(12)16/h2-9,14,17H,1H3. The molecule has 0 fully saturated rings. The zero-order chi connectivity index (χ0) is 12.3. The highest BCUT2D eigenvalue weighted by Crippen LogP contribution is 2.23. The van der Waals surface area contributed by atoms with Gasteiger partial charge in [-0.3, -0.25) is 0 Å². The first kappa shape index (κ1) is 11.7. The van der Waals surface area contributed by atoms with E-state index in [1.807, 2.05) is 0 Å². The fraction of sp³-hybridized carbons (Fsp3) is 0.143. The number of nitrogens with one attached hydrogen (secondary N) is 1. The van der Waals surface area contributed by atoms with Gasteiger partial charge in [-0.15, -0.1) is 0 Å². The van der Waals surface area contributed by atoms with Crippen molar-refractivity contribution in [1.82, 2.24) is 5.32 Å². The maximum atomic E-state index is 13.7. The van der Waals surface area contributed by atoms with Crippen molar-refractivity contribution in [3.63, 3.8) is 0 Å². The lowest BCUT2D eigenvalue weighted by Crippen LogP contribution is -2.18. The molecule has 0 aromatic heterocycles. The van der Waals surface area contributed by atoms with Gasteiger partial charge in [0, 0.05) is 5.56 Å². The van der Waals surface area contributed by atoms with Crippen molar-refractivity contribution >= 4 is 0 Å². The normalized spacial score (nSPS) is 12.4. The zero-order valence-electron chi connectivity index (χ0n) is 9.45. The summed E-state index contributed by atoms with van der Waals surface area (Å²) < 4.78 is 26.5. The van der Waals surface area contributed by atoms with Gasteiger partial charge in [-0.1, -0.05) is 30.3 Å². The first-order valence-corrected chi connectivity index (χ1v) is 5.39. The Hall–Kier alpha value is -1.74. The van der Waals surface area contributed by atoms with Crippen LogP contribution in [0.2, 0.25) is 0 Å². The lowest BCUT2D eigenvalue weighted by molar-refractivity contribution is 0.575. The Morgan fingerprint density at radius 2 is 1.59 bits per heavy atom. The van der Waals surface area contributed by atoms with E-state index >= 15 is 0 Å². The SMILES string of the molecule is CNC(c1ccc(F)cc1)c1ccccc1F. The molecular formula is C14H13F2N. The highest BCUT2D eigenvalue weighted by atomic mass is 19.1. The Kier molecular flexibility index (Phi) is 3.49. The molecule has 2 aromatic carbocycles. The third-order valence-electron chi connectivity index (χ3n) is 2.71. The van der Waals surface area contributed by atoms with Gasteiger partial charge in [-0.25, -0.2) is 8.78 Å². The van der Waals surface area contributed by atoms with Gasteiger partial charge in [0.25, 0.3) is 0 Å². The Balaban J connectivity index is 2.40. The van der Waals surface area contributed by atoms with Gasteiger partial charge in [0.1, 0.15) is 11.6 Å². The molecule has 0 aliphatic rings. The molecule has 0 amide bonds. The van der Waals surface area contributed by atoms with E-state index in [4.69, 9.17) is 0 Å². The van der Waals surface area contributed by atoms with Crippen LogP contribution in [0.4, 0.5) is 8.78 Å². The van der Waals surface area contributed by atoms with E-state index in [0.29, 0.717) is 5.56 Å². The average Bonchev–Trinajstić information content (AvgIpc) is 2.35. The molecule has 0 radical (unpaired) electrons. The van der Waals surface area contributed by atoms with Crippen molar-refractivity contribution in [3.05, 3.63) is 71.3 Å². The van der Waals surface area contributed by atoms with E-state index in [-0.39, 0.29) is 17.7 Å². The molecule has 0 aliphatic heterocycles. The molecule has 0 saturated carbocycles. The van der Waals surface area contributed by atoms with Gasteiger partial charge < -0.3 is 5.32 Å². The van der Waals surface area contributed by atoms with Crippen LogP contribution < -0.4 is 5.32 Å². The molecule has 0 heterocycles. The molecule has 3 heteroatoms. The molecule has 0 aliphatic carbocycles. The molecule has 2 aromatic rings. The summed E-state index contributed by atoms with van der Waals surface area (Å²) in [4.78, 5) is 0. The highest BCUT2D eigenvalue weighted by molar-refractivity contribution is 5.32. The monoisotopic (exact) mass is 233 g/mol. The predicted molar refractivity (Wildman–Crippen MR) is 63.7 cm³/mol. The molecule has 2 rings (SSSR count). The molecule has 1 atom stereocenters. The first-order chi connectivity index (χ1) is 8.22. The minimum absolute atomic E-state index is 0.267. The van der Waals surface area contributed by atoms with Gasteiger partial charge in [0.2, 0.25) is 0 Å². The maximum absolute atomic E-state index is 13.7. The summed E-state index contributed by atoms with van der Waals surface area (Å²) in [5.41, 5.74) is 1.39. The molecule has 88 valence electrons. The van der Waals surface area contributed by atoms with Crippen LogP contribution in [0.1, 0.15) is 17.2 Å². The number of hydrogen-bond donors (Lipinski definition) is 1. The second-order valence-electron chi connectivity index (χ2n) is 3.79. The Morgan fingerprint density at radius 1 is 0.941 bits per heavy atom. The van der Waals surface area contributed by atoms with Crippen LogP contribution in [-0.4, -0.2) is 7.05 Å². The molecule has 1 N–H and O–H groups in total. The van der Waals surface area contributed by atoms with E-state index in [1.54, 1.807) is 37.4 Å². The van der Waals surface area contributed by atoms with Crippen LogP contribution in [0.5, 0.6) is 0 Å². The predicted octanol–water partition coefficient (Wildman–Crippen LogP) is 3.27. The maximum Gasteiger partial charge on any atom is 0.128 e. The summed E-state index contributed by atoms with van der Waals surface area (Å²) in [5, 5.41) is 3.03. The molecule has 0 bridgehead atoms. The molecule has 0 saturated heterocycles. The van der Waals surface area contributed by atoms with Crippen molar-refractivity contribution in [1.29, 1.82) is 0 Å². The van der Waals surface area contributed by atoms with E-state index in [9.17, 15) is 8.78 Å². The minimum Gasteiger partial charge on any atom is -0.309 e. The van der Waals surface area contributed by atoms with Gasteiger partial charge in [0.05, 0.1) is 6.04 Å². The van der Waals surface area contributed by atoms with Crippen LogP contribution in [0, 0.1) is 11.6 Å². The number of benzene rings is 2. The lowest BCUT2D eigenvalue weighted by atomic mass is 9.98. The Bertz CT molecular complexity index is 494. The number of rotatable bonds is 3. The highest BCUT2D eigenvalue weighted by Gasteiger charge is 2.15. The van der Waals surface area contributed by atoms with E-state index in [2.05, 4.69) is 5.32 Å². The molecular weight excluding hydrogens is 220 g/mol. The second-order valence-corrected chi connectivity index (χ2v) is 3.79.